The normalized spacial score (nSPS) is 14.1. The van der Waals surface area contributed by atoms with Crippen LogP contribution in [0.3, 0.4) is 0 Å². The third-order valence-electron chi connectivity index (χ3n) is 3.51. The minimum Gasteiger partial charge on any atom is -0.452 e. The summed E-state index contributed by atoms with van der Waals surface area (Å²) in [5.74, 6) is -0.672. The predicted octanol–water partition coefficient (Wildman–Crippen LogP) is 1.11. The topological polar surface area (TPSA) is 75.9 Å². The van der Waals surface area contributed by atoms with E-state index in [0.717, 1.165) is 25.9 Å². The van der Waals surface area contributed by atoms with Crippen molar-refractivity contribution in [3.05, 3.63) is 23.8 Å². The number of nitrogens with zero attached hydrogens (tertiary/aromatic N) is 2. The van der Waals surface area contributed by atoms with Crippen LogP contribution in [0.1, 0.15) is 23.2 Å². The number of carbonyl (C=O) groups excluding carboxylic acids is 2. The van der Waals surface area contributed by atoms with Crippen LogP contribution in [-0.2, 0) is 9.53 Å². The van der Waals surface area contributed by atoms with Gasteiger partial charge in [-0.1, -0.05) is 0 Å². The molecule has 1 saturated heterocycles. The number of carbonyl (C=O) groups is 2. The number of nitrogens with two attached hydrogens (primary N) is 1. The fraction of sp³-hybridized carbons (Fsp3) is 0.467. The first kappa shape index (κ1) is 15.2. The summed E-state index contributed by atoms with van der Waals surface area (Å²) in [5, 5.41) is 0. The molecule has 6 heteroatoms. The number of benzene rings is 1. The SMILES string of the molecule is CN(C)c1ccc(N)cc1C(=O)OCC(=O)N1CCCC1. The number of likely N-dealkylation sites (tertiary alicyclic amines) is 1. The second-order valence-corrected chi connectivity index (χ2v) is 5.34. The lowest BCUT2D eigenvalue weighted by Gasteiger charge is -2.18. The van der Waals surface area contributed by atoms with E-state index in [2.05, 4.69) is 0 Å². The molecule has 1 heterocycles. The van der Waals surface area contributed by atoms with Crippen LogP contribution in [0.5, 0.6) is 0 Å². The molecule has 1 aromatic rings. The highest BCUT2D eigenvalue weighted by molar-refractivity contribution is 5.98. The minimum absolute atomic E-state index is 0.142. The summed E-state index contributed by atoms with van der Waals surface area (Å²) in [6.07, 6.45) is 2.03. The van der Waals surface area contributed by atoms with Crippen molar-refractivity contribution < 1.29 is 14.3 Å². The van der Waals surface area contributed by atoms with Gasteiger partial charge in [-0.2, -0.15) is 0 Å². The molecule has 0 spiro atoms. The lowest BCUT2D eigenvalue weighted by Crippen LogP contribution is -2.32. The molecule has 1 aromatic carbocycles. The van der Waals surface area contributed by atoms with Gasteiger partial charge < -0.3 is 20.3 Å². The second kappa shape index (κ2) is 6.47. The van der Waals surface area contributed by atoms with Gasteiger partial charge >= 0.3 is 5.97 Å². The van der Waals surface area contributed by atoms with Gasteiger partial charge in [0.1, 0.15) is 0 Å². The predicted molar refractivity (Wildman–Crippen MR) is 81.3 cm³/mol. The molecule has 0 saturated carbocycles. The third-order valence-corrected chi connectivity index (χ3v) is 3.51. The molecule has 1 aliphatic heterocycles. The number of ether oxygens (including phenoxy) is 1. The summed E-state index contributed by atoms with van der Waals surface area (Å²) in [6.45, 7) is 1.27. The molecule has 0 atom stereocenters. The molecule has 114 valence electrons. The van der Waals surface area contributed by atoms with Crippen molar-refractivity contribution in [2.45, 2.75) is 12.8 Å². The van der Waals surface area contributed by atoms with E-state index in [4.69, 9.17) is 10.5 Å². The Balaban J connectivity index is 2.02. The molecule has 0 bridgehead atoms. The first-order valence-corrected chi connectivity index (χ1v) is 7.01. The van der Waals surface area contributed by atoms with Crippen molar-refractivity contribution in [2.24, 2.45) is 0 Å². The van der Waals surface area contributed by atoms with Crippen LogP contribution in [0.2, 0.25) is 0 Å². The van der Waals surface area contributed by atoms with Gasteiger partial charge in [0, 0.05) is 32.9 Å². The molecule has 1 fully saturated rings. The van der Waals surface area contributed by atoms with Crippen molar-refractivity contribution in [1.82, 2.24) is 4.90 Å². The zero-order valence-corrected chi connectivity index (χ0v) is 12.5. The van der Waals surface area contributed by atoms with Gasteiger partial charge in [0.25, 0.3) is 5.91 Å². The molecule has 2 rings (SSSR count). The maximum atomic E-state index is 12.2. The number of amides is 1. The van der Waals surface area contributed by atoms with Crippen LogP contribution in [0, 0.1) is 0 Å². The van der Waals surface area contributed by atoms with Crippen LogP contribution in [0.4, 0.5) is 11.4 Å². The Morgan fingerprint density at radius 2 is 1.95 bits per heavy atom. The fourth-order valence-electron chi connectivity index (χ4n) is 2.37. The zero-order chi connectivity index (χ0) is 15.4. The Morgan fingerprint density at radius 1 is 1.29 bits per heavy atom. The van der Waals surface area contributed by atoms with Gasteiger partial charge in [0.05, 0.1) is 11.3 Å². The molecule has 0 aromatic heterocycles. The van der Waals surface area contributed by atoms with E-state index in [9.17, 15) is 9.59 Å². The monoisotopic (exact) mass is 291 g/mol. The molecule has 21 heavy (non-hydrogen) atoms. The number of hydrogen-bond donors (Lipinski definition) is 1. The van der Waals surface area contributed by atoms with Gasteiger partial charge in [-0.15, -0.1) is 0 Å². The van der Waals surface area contributed by atoms with Crippen molar-refractivity contribution in [3.8, 4) is 0 Å². The average Bonchev–Trinajstić information content (AvgIpc) is 2.98. The van der Waals surface area contributed by atoms with Gasteiger partial charge in [-0.25, -0.2) is 4.79 Å². The molecule has 0 aliphatic carbocycles. The van der Waals surface area contributed by atoms with E-state index in [1.807, 2.05) is 14.1 Å². The smallest absolute Gasteiger partial charge is 0.340 e. The standard InChI is InChI=1S/C15H21N3O3/c1-17(2)13-6-5-11(16)9-12(13)15(20)21-10-14(19)18-7-3-4-8-18/h5-6,9H,3-4,7-8,10,16H2,1-2H3. The summed E-state index contributed by atoms with van der Waals surface area (Å²) >= 11 is 0. The molecular formula is C15H21N3O3. The highest BCUT2D eigenvalue weighted by Crippen LogP contribution is 2.22. The van der Waals surface area contributed by atoms with Gasteiger partial charge in [-0.3, -0.25) is 4.79 Å². The molecule has 2 N–H and O–H groups in total. The van der Waals surface area contributed by atoms with Crippen LogP contribution in [-0.4, -0.2) is 50.6 Å². The lowest BCUT2D eigenvalue weighted by molar-refractivity contribution is -0.133. The lowest BCUT2D eigenvalue weighted by atomic mass is 10.1. The quantitative estimate of drug-likeness (QED) is 0.664. The average molecular weight is 291 g/mol. The summed E-state index contributed by atoms with van der Waals surface area (Å²) in [4.78, 5) is 27.6. The maximum absolute atomic E-state index is 12.2. The second-order valence-electron chi connectivity index (χ2n) is 5.34. The Hall–Kier alpha value is -2.24. The Labute approximate surface area is 124 Å². The Morgan fingerprint density at radius 3 is 2.57 bits per heavy atom. The van der Waals surface area contributed by atoms with Gasteiger partial charge in [0.2, 0.25) is 0 Å². The van der Waals surface area contributed by atoms with E-state index in [1.54, 1.807) is 28.0 Å². The highest BCUT2D eigenvalue weighted by atomic mass is 16.5. The minimum atomic E-state index is -0.529. The van der Waals surface area contributed by atoms with Crippen LogP contribution >= 0.6 is 0 Å². The fourth-order valence-corrected chi connectivity index (χ4v) is 2.37. The summed E-state index contributed by atoms with van der Waals surface area (Å²) in [5.41, 5.74) is 7.28. The number of esters is 1. The van der Waals surface area contributed by atoms with Crippen molar-refractivity contribution in [2.75, 3.05) is 44.4 Å². The number of nitrogen functional groups attached to an aromatic ring is 1. The molecule has 1 amide bonds. The van der Waals surface area contributed by atoms with E-state index in [1.165, 1.54) is 0 Å². The van der Waals surface area contributed by atoms with Crippen molar-refractivity contribution in [3.63, 3.8) is 0 Å². The van der Waals surface area contributed by atoms with Crippen LogP contribution < -0.4 is 10.6 Å². The van der Waals surface area contributed by atoms with E-state index in [0.29, 0.717) is 16.9 Å². The molecule has 1 aliphatic rings. The maximum Gasteiger partial charge on any atom is 0.340 e. The van der Waals surface area contributed by atoms with Crippen molar-refractivity contribution in [1.29, 1.82) is 0 Å². The summed E-state index contributed by atoms with van der Waals surface area (Å²) in [7, 11) is 3.66. The van der Waals surface area contributed by atoms with Gasteiger partial charge in [0.15, 0.2) is 6.61 Å². The summed E-state index contributed by atoms with van der Waals surface area (Å²) in [6, 6.07) is 5.05. The molecular weight excluding hydrogens is 270 g/mol. The van der Waals surface area contributed by atoms with E-state index >= 15 is 0 Å². The molecule has 6 nitrogen and oxygen atoms in total. The number of hydrogen-bond acceptors (Lipinski definition) is 5. The third kappa shape index (κ3) is 3.65. The molecule has 0 unspecified atom stereocenters. The zero-order valence-electron chi connectivity index (χ0n) is 12.5. The molecule has 0 radical (unpaired) electrons. The van der Waals surface area contributed by atoms with Gasteiger partial charge in [-0.05, 0) is 31.0 Å². The van der Waals surface area contributed by atoms with Crippen LogP contribution in [0.15, 0.2) is 18.2 Å². The first-order valence-electron chi connectivity index (χ1n) is 7.01. The Bertz CT molecular complexity index is 537. The van der Waals surface area contributed by atoms with E-state index in [-0.39, 0.29) is 12.5 Å². The van der Waals surface area contributed by atoms with Crippen LogP contribution in [0.25, 0.3) is 0 Å². The number of rotatable bonds is 4. The number of anilines is 2. The first-order chi connectivity index (χ1) is 9.99. The largest absolute Gasteiger partial charge is 0.452 e. The summed E-state index contributed by atoms with van der Waals surface area (Å²) < 4.78 is 5.14. The van der Waals surface area contributed by atoms with Crippen molar-refractivity contribution >= 4 is 23.3 Å². The van der Waals surface area contributed by atoms with E-state index < -0.39 is 5.97 Å². The Kier molecular flexibility index (Phi) is 4.67. The highest BCUT2D eigenvalue weighted by Gasteiger charge is 2.21.